The lowest BCUT2D eigenvalue weighted by molar-refractivity contribution is 0.124. The maximum Gasteiger partial charge on any atom is 0.213 e. The fourth-order valence-electron chi connectivity index (χ4n) is 2.13. The van der Waals surface area contributed by atoms with Crippen LogP contribution in [0.5, 0.6) is 11.6 Å². The number of benzene rings is 1. The van der Waals surface area contributed by atoms with Crippen molar-refractivity contribution in [3.05, 3.63) is 48.2 Å². The molecule has 148 valence electrons. The Morgan fingerprint density at radius 2 is 1.81 bits per heavy atom. The average molecular weight is 484 g/mol. The van der Waals surface area contributed by atoms with Gasteiger partial charge in [-0.15, -0.1) is 24.0 Å². The van der Waals surface area contributed by atoms with Crippen molar-refractivity contribution >= 4 is 35.6 Å². The number of nitrogens with two attached hydrogens (primary N) is 1. The molecular weight excluding hydrogens is 455 g/mol. The minimum atomic E-state index is -0.267. The molecule has 0 spiro atoms. The Bertz CT molecular complexity index is 723. The van der Waals surface area contributed by atoms with E-state index >= 15 is 0 Å². The number of aromatic nitrogens is 1. The molecule has 3 N–H and O–H groups in total. The van der Waals surface area contributed by atoms with Gasteiger partial charge >= 0.3 is 0 Å². The zero-order chi connectivity index (χ0) is 19.2. The van der Waals surface area contributed by atoms with Gasteiger partial charge in [0.2, 0.25) is 5.88 Å². The van der Waals surface area contributed by atoms with Gasteiger partial charge in [-0.25, -0.2) is 9.98 Å². The second-order valence-corrected chi connectivity index (χ2v) is 7.24. The smallest absolute Gasteiger partial charge is 0.213 e. The van der Waals surface area contributed by atoms with Crippen molar-refractivity contribution < 1.29 is 9.47 Å². The van der Waals surface area contributed by atoms with Crippen molar-refractivity contribution in [3.8, 4) is 11.6 Å². The standard InChI is InChI=1S/C20H28N4O2.HI/c1-14(2)25-17-9-7-16(8-10-17)24-19(21)23-13-15-6-11-18(22-12-15)26-20(3,4)5;/h6-12,14H,13H2,1-5H3,(H3,21,23,24);1H. The SMILES string of the molecule is CC(C)Oc1ccc(NC(N)=NCc2ccc(OC(C)(C)C)nc2)cc1.I. The van der Waals surface area contributed by atoms with E-state index in [1.807, 2.05) is 71.0 Å². The fourth-order valence-corrected chi connectivity index (χ4v) is 2.13. The molecule has 1 aromatic carbocycles. The molecule has 0 saturated carbocycles. The summed E-state index contributed by atoms with van der Waals surface area (Å²) in [6.07, 6.45) is 1.89. The molecule has 0 aliphatic rings. The first-order chi connectivity index (χ1) is 12.2. The topological polar surface area (TPSA) is 81.8 Å². The highest BCUT2D eigenvalue weighted by Gasteiger charge is 2.12. The molecule has 1 heterocycles. The lowest BCUT2D eigenvalue weighted by atomic mass is 10.2. The highest BCUT2D eigenvalue weighted by atomic mass is 127. The second kappa shape index (κ2) is 10.3. The van der Waals surface area contributed by atoms with Gasteiger partial charge in [0.05, 0.1) is 12.6 Å². The van der Waals surface area contributed by atoms with Crippen LogP contribution in [0.4, 0.5) is 5.69 Å². The summed E-state index contributed by atoms with van der Waals surface area (Å²) in [6.45, 7) is 10.4. The van der Waals surface area contributed by atoms with Crippen LogP contribution in [0.2, 0.25) is 0 Å². The molecule has 0 aliphatic heterocycles. The van der Waals surface area contributed by atoms with Crippen molar-refractivity contribution in [2.24, 2.45) is 10.7 Å². The molecule has 0 bridgehead atoms. The van der Waals surface area contributed by atoms with Gasteiger partial charge in [-0.2, -0.15) is 0 Å². The normalized spacial score (nSPS) is 11.7. The number of pyridine rings is 1. The van der Waals surface area contributed by atoms with Crippen LogP contribution in [0.15, 0.2) is 47.6 Å². The minimum absolute atomic E-state index is 0. The Morgan fingerprint density at radius 3 is 2.33 bits per heavy atom. The number of nitrogens with one attached hydrogen (secondary N) is 1. The number of guanidine groups is 1. The molecule has 1 aromatic heterocycles. The highest BCUT2D eigenvalue weighted by Crippen LogP contribution is 2.17. The molecule has 0 radical (unpaired) electrons. The quantitative estimate of drug-likeness (QED) is 0.356. The predicted molar refractivity (Wildman–Crippen MR) is 121 cm³/mol. The van der Waals surface area contributed by atoms with Crippen molar-refractivity contribution in [1.29, 1.82) is 0 Å². The monoisotopic (exact) mass is 484 g/mol. The van der Waals surface area contributed by atoms with E-state index in [-0.39, 0.29) is 35.7 Å². The zero-order valence-corrected chi connectivity index (χ0v) is 18.9. The maximum absolute atomic E-state index is 5.95. The molecule has 0 aliphatic carbocycles. The third-order valence-electron chi connectivity index (χ3n) is 3.14. The number of rotatable bonds is 6. The van der Waals surface area contributed by atoms with Gasteiger partial charge in [0.25, 0.3) is 0 Å². The van der Waals surface area contributed by atoms with Crippen LogP contribution < -0.4 is 20.5 Å². The summed E-state index contributed by atoms with van der Waals surface area (Å²) < 4.78 is 11.3. The molecule has 0 unspecified atom stereocenters. The first kappa shape index (κ1) is 23.0. The first-order valence-electron chi connectivity index (χ1n) is 8.69. The lowest BCUT2D eigenvalue weighted by Crippen LogP contribution is -2.23. The number of hydrogen-bond donors (Lipinski definition) is 2. The number of anilines is 1. The van der Waals surface area contributed by atoms with Gasteiger partial charge in [0.1, 0.15) is 11.4 Å². The van der Waals surface area contributed by atoms with E-state index in [4.69, 9.17) is 15.2 Å². The van der Waals surface area contributed by atoms with E-state index in [9.17, 15) is 0 Å². The maximum atomic E-state index is 5.95. The molecular formula is C20H29IN4O2. The van der Waals surface area contributed by atoms with E-state index in [0.29, 0.717) is 18.4 Å². The fraction of sp³-hybridized carbons (Fsp3) is 0.400. The largest absolute Gasteiger partial charge is 0.491 e. The van der Waals surface area contributed by atoms with E-state index in [0.717, 1.165) is 17.0 Å². The van der Waals surface area contributed by atoms with Gasteiger partial charge in [-0.05, 0) is 64.4 Å². The summed E-state index contributed by atoms with van der Waals surface area (Å²) in [7, 11) is 0. The van der Waals surface area contributed by atoms with Crippen LogP contribution in [0.1, 0.15) is 40.2 Å². The number of hydrogen-bond acceptors (Lipinski definition) is 4. The molecule has 2 aromatic rings. The van der Waals surface area contributed by atoms with Crippen LogP contribution in [0, 0.1) is 0 Å². The summed E-state index contributed by atoms with van der Waals surface area (Å²) in [5.74, 6) is 1.77. The highest BCUT2D eigenvalue weighted by molar-refractivity contribution is 14.0. The first-order valence-corrected chi connectivity index (χ1v) is 8.69. The van der Waals surface area contributed by atoms with E-state index in [1.54, 1.807) is 6.20 Å². The third kappa shape index (κ3) is 8.94. The minimum Gasteiger partial charge on any atom is -0.491 e. The van der Waals surface area contributed by atoms with E-state index in [2.05, 4.69) is 15.3 Å². The van der Waals surface area contributed by atoms with Gasteiger partial charge < -0.3 is 20.5 Å². The molecule has 0 saturated heterocycles. The number of ether oxygens (including phenoxy) is 2. The molecule has 2 rings (SSSR count). The lowest BCUT2D eigenvalue weighted by Gasteiger charge is -2.20. The van der Waals surface area contributed by atoms with Crippen LogP contribution in [0.25, 0.3) is 0 Å². The van der Waals surface area contributed by atoms with Crippen LogP contribution in [0.3, 0.4) is 0 Å². The third-order valence-corrected chi connectivity index (χ3v) is 3.14. The Labute approximate surface area is 178 Å². The van der Waals surface area contributed by atoms with Crippen molar-refractivity contribution in [1.82, 2.24) is 4.98 Å². The molecule has 6 nitrogen and oxygen atoms in total. The summed E-state index contributed by atoms with van der Waals surface area (Å²) in [5.41, 5.74) is 7.49. The van der Waals surface area contributed by atoms with Gasteiger partial charge in [-0.3, -0.25) is 0 Å². The summed E-state index contributed by atoms with van der Waals surface area (Å²) in [6, 6.07) is 11.4. The molecule has 0 atom stereocenters. The van der Waals surface area contributed by atoms with Crippen molar-refractivity contribution in [2.75, 3.05) is 5.32 Å². The second-order valence-electron chi connectivity index (χ2n) is 7.24. The van der Waals surface area contributed by atoms with Crippen LogP contribution >= 0.6 is 24.0 Å². The Hall–Kier alpha value is -2.03. The number of aliphatic imine (C=N–C) groups is 1. The summed E-state index contributed by atoms with van der Waals surface area (Å²) in [5, 5.41) is 3.06. The van der Waals surface area contributed by atoms with Crippen LogP contribution in [-0.2, 0) is 6.54 Å². The number of nitrogens with zero attached hydrogens (tertiary/aromatic N) is 2. The summed E-state index contributed by atoms with van der Waals surface area (Å²) >= 11 is 0. The molecule has 7 heteroatoms. The predicted octanol–water partition coefficient (Wildman–Crippen LogP) is 4.59. The van der Waals surface area contributed by atoms with E-state index < -0.39 is 0 Å². The van der Waals surface area contributed by atoms with Gasteiger partial charge in [0, 0.05) is 18.0 Å². The average Bonchev–Trinajstić information content (AvgIpc) is 2.54. The molecule has 0 fully saturated rings. The molecule has 27 heavy (non-hydrogen) atoms. The Kier molecular flexibility index (Phi) is 8.81. The van der Waals surface area contributed by atoms with Crippen LogP contribution in [-0.4, -0.2) is 22.6 Å². The summed E-state index contributed by atoms with van der Waals surface area (Å²) in [4.78, 5) is 8.63. The van der Waals surface area contributed by atoms with E-state index in [1.165, 1.54) is 0 Å². The molecule has 0 amide bonds. The van der Waals surface area contributed by atoms with Gasteiger partial charge in [0.15, 0.2) is 5.96 Å². The van der Waals surface area contributed by atoms with Gasteiger partial charge in [-0.1, -0.05) is 6.07 Å². The van der Waals surface area contributed by atoms with Crippen molar-refractivity contribution in [3.63, 3.8) is 0 Å². The Balaban J connectivity index is 0.00000364. The Morgan fingerprint density at radius 1 is 1.15 bits per heavy atom. The van der Waals surface area contributed by atoms with Crippen molar-refractivity contribution in [2.45, 2.75) is 52.9 Å². The number of halogens is 1. The zero-order valence-electron chi connectivity index (χ0n) is 16.5.